The van der Waals surface area contributed by atoms with Crippen LogP contribution in [0.5, 0.6) is 5.75 Å². The molecule has 0 aliphatic carbocycles. The minimum Gasteiger partial charge on any atom is -0.495 e. The lowest BCUT2D eigenvalue weighted by atomic mass is 10.1. The van der Waals surface area contributed by atoms with Crippen LogP contribution in [-0.4, -0.2) is 23.8 Å². The fraction of sp³-hybridized carbons (Fsp3) is 0.0435. The molecule has 2 N–H and O–H groups in total. The van der Waals surface area contributed by atoms with E-state index in [1.54, 1.807) is 54.6 Å². The number of hydrogen-bond acceptors (Lipinski definition) is 5. The topological polar surface area (TPSA) is 111 Å². The molecule has 32 heavy (non-hydrogen) atoms. The number of rotatable bonds is 7. The highest BCUT2D eigenvalue weighted by Crippen LogP contribution is 2.26. The summed E-state index contributed by atoms with van der Waals surface area (Å²) in [6.07, 6.45) is 2.68. The third kappa shape index (κ3) is 5.71. The summed E-state index contributed by atoms with van der Waals surface area (Å²) in [5, 5.41) is 16.4. The summed E-state index contributed by atoms with van der Waals surface area (Å²) in [5.41, 5.74) is 1.65. The zero-order valence-electron chi connectivity index (χ0n) is 16.9. The number of anilines is 2. The van der Waals surface area contributed by atoms with Crippen LogP contribution in [0.25, 0.3) is 6.08 Å². The van der Waals surface area contributed by atoms with Crippen molar-refractivity contribution >= 4 is 46.6 Å². The lowest BCUT2D eigenvalue weighted by molar-refractivity contribution is -0.384. The van der Waals surface area contributed by atoms with Crippen molar-refractivity contribution in [3.8, 4) is 5.75 Å². The van der Waals surface area contributed by atoms with Gasteiger partial charge in [0.15, 0.2) is 0 Å². The lowest BCUT2D eigenvalue weighted by Gasteiger charge is -2.10. The number of methoxy groups -OCH3 is 1. The molecule has 0 heterocycles. The predicted octanol–water partition coefficient (Wildman–Crippen LogP) is 5.16. The van der Waals surface area contributed by atoms with Crippen molar-refractivity contribution in [3.63, 3.8) is 0 Å². The summed E-state index contributed by atoms with van der Waals surface area (Å²) >= 11 is 5.78. The van der Waals surface area contributed by atoms with Gasteiger partial charge in [0.25, 0.3) is 11.6 Å². The second-order valence-electron chi connectivity index (χ2n) is 6.52. The van der Waals surface area contributed by atoms with Gasteiger partial charge in [-0.1, -0.05) is 29.8 Å². The van der Waals surface area contributed by atoms with Crippen molar-refractivity contribution in [2.75, 3.05) is 17.7 Å². The number of amides is 2. The maximum atomic E-state index is 12.5. The van der Waals surface area contributed by atoms with Crippen LogP contribution in [0.1, 0.15) is 15.9 Å². The zero-order valence-corrected chi connectivity index (χ0v) is 17.6. The van der Waals surface area contributed by atoms with Gasteiger partial charge in [0.05, 0.1) is 17.7 Å². The number of nitro benzene ring substituents is 1. The van der Waals surface area contributed by atoms with Crippen LogP contribution in [0.15, 0.2) is 72.8 Å². The third-order valence-corrected chi connectivity index (χ3v) is 4.68. The molecule has 162 valence electrons. The van der Waals surface area contributed by atoms with Crippen molar-refractivity contribution in [2.24, 2.45) is 0 Å². The highest BCUT2D eigenvalue weighted by Gasteiger charge is 2.12. The number of nitrogens with one attached hydrogen (secondary N) is 2. The Morgan fingerprint density at radius 1 is 1.03 bits per heavy atom. The van der Waals surface area contributed by atoms with Gasteiger partial charge in [-0.3, -0.25) is 19.7 Å². The molecule has 0 spiro atoms. The first-order valence-corrected chi connectivity index (χ1v) is 9.72. The highest BCUT2D eigenvalue weighted by atomic mass is 35.5. The molecule has 0 aliphatic heterocycles. The van der Waals surface area contributed by atoms with Gasteiger partial charge in [-0.2, -0.15) is 0 Å². The second kappa shape index (κ2) is 10.2. The normalized spacial score (nSPS) is 10.6. The molecule has 0 saturated carbocycles. The monoisotopic (exact) mass is 451 g/mol. The van der Waals surface area contributed by atoms with E-state index in [-0.39, 0.29) is 16.6 Å². The molecule has 0 bridgehead atoms. The molecule has 0 fully saturated rings. The van der Waals surface area contributed by atoms with Crippen LogP contribution in [0, 0.1) is 10.1 Å². The van der Waals surface area contributed by atoms with Crippen molar-refractivity contribution in [1.29, 1.82) is 0 Å². The summed E-state index contributed by atoms with van der Waals surface area (Å²) in [7, 11) is 1.52. The third-order valence-electron chi connectivity index (χ3n) is 4.36. The van der Waals surface area contributed by atoms with E-state index in [4.69, 9.17) is 16.3 Å². The van der Waals surface area contributed by atoms with Crippen molar-refractivity contribution in [1.82, 2.24) is 0 Å². The van der Waals surface area contributed by atoms with E-state index in [0.29, 0.717) is 28.3 Å². The predicted molar refractivity (Wildman–Crippen MR) is 123 cm³/mol. The number of nitro groups is 1. The Balaban J connectivity index is 1.62. The lowest BCUT2D eigenvalue weighted by Crippen LogP contribution is -2.13. The van der Waals surface area contributed by atoms with Crippen LogP contribution < -0.4 is 15.4 Å². The number of halogens is 1. The van der Waals surface area contributed by atoms with E-state index in [1.165, 1.54) is 31.4 Å². The Kier molecular flexibility index (Phi) is 7.20. The largest absolute Gasteiger partial charge is 0.495 e. The van der Waals surface area contributed by atoms with E-state index in [0.717, 1.165) is 0 Å². The number of carbonyl (C=O) groups excluding carboxylic acids is 2. The SMILES string of the molecule is COc1ccccc1NC(=O)c1ccc(NC(=O)/C=C/c2ccc(Cl)c([N+](=O)[O-])c2)cc1. The molecule has 3 rings (SSSR count). The highest BCUT2D eigenvalue weighted by molar-refractivity contribution is 6.32. The summed E-state index contributed by atoms with van der Waals surface area (Å²) < 4.78 is 5.22. The van der Waals surface area contributed by atoms with Gasteiger partial charge in [-0.05, 0) is 54.1 Å². The summed E-state index contributed by atoms with van der Waals surface area (Å²) in [4.78, 5) is 35.0. The van der Waals surface area contributed by atoms with Crippen molar-refractivity contribution in [3.05, 3.63) is 99.1 Å². The van der Waals surface area contributed by atoms with E-state index in [9.17, 15) is 19.7 Å². The van der Waals surface area contributed by atoms with Gasteiger partial charge in [0.1, 0.15) is 10.8 Å². The van der Waals surface area contributed by atoms with Gasteiger partial charge in [-0.25, -0.2) is 0 Å². The van der Waals surface area contributed by atoms with Crippen molar-refractivity contribution < 1.29 is 19.2 Å². The van der Waals surface area contributed by atoms with E-state index in [2.05, 4.69) is 10.6 Å². The second-order valence-corrected chi connectivity index (χ2v) is 6.93. The van der Waals surface area contributed by atoms with Gasteiger partial charge in [-0.15, -0.1) is 0 Å². The first kappa shape index (κ1) is 22.5. The molecule has 0 saturated heterocycles. The average molecular weight is 452 g/mol. The molecule has 0 atom stereocenters. The molecule has 0 aromatic heterocycles. The van der Waals surface area contributed by atoms with Gasteiger partial charge >= 0.3 is 0 Å². The maximum Gasteiger partial charge on any atom is 0.288 e. The van der Waals surface area contributed by atoms with Crippen LogP contribution in [0.4, 0.5) is 17.1 Å². The molecular formula is C23H18ClN3O5. The molecule has 0 unspecified atom stereocenters. The van der Waals surface area contributed by atoms with Crippen molar-refractivity contribution in [2.45, 2.75) is 0 Å². The van der Waals surface area contributed by atoms with Gasteiger partial charge in [0, 0.05) is 23.4 Å². The fourth-order valence-electron chi connectivity index (χ4n) is 2.78. The van der Waals surface area contributed by atoms with E-state index < -0.39 is 10.8 Å². The molecule has 0 radical (unpaired) electrons. The first-order chi connectivity index (χ1) is 15.4. The average Bonchev–Trinajstić information content (AvgIpc) is 2.79. The Bertz CT molecular complexity index is 1190. The smallest absolute Gasteiger partial charge is 0.288 e. The maximum absolute atomic E-state index is 12.5. The van der Waals surface area contributed by atoms with E-state index in [1.807, 2.05) is 0 Å². The van der Waals surface area contributed by atoms with Crippen LogP contribution in [-0.2, 0) is 4.79 Å². The van der Waals surface area contributed by atoms with E-state index >= 15 is 0 Å². The number of nitrogens with zero attached hydrogens (tertiary/aromatic N) is 1. The Hall–Kier alpha value is -4.17. The van der Waals surface area contributed by atoms with Crippen LogP contribution in [0.3, 0.4) is 0 Å². The summed E-state index contributed by atoms with van der Waals surface area (Å²) in [6.45, 7) is 0. The molecule has 3 aromatic carbocycles. The van der Waals surface area contributed by atoms with Crippen LogP contribution in [0.2, 0.25) is 5.02 Å². The minimum absolute atomic E-state index is 0.0198. The molecule has 3 aromatic rings. The first-order valence-electron chi connectivity index (χ1n) is 9.35. The number of ether oxygens (including phenoxy) is 1. The zero-order chi connectivity index (χ0) is 23.1. The molecule has 9 heteroatoms. The standard InChI is InChI=1S/C23H18ClN3O5/c1-32-21-5-3-2-4-19(21)26-23(29)16-8-10-17(11-9-16)25-22(28)13-7-15-6-12-18(24)20(14-15)27(30)31/h2-14H,1H3,(H,25,28)(H,26,29)/b13-7+. The van der Waals surface area contributed by atoms with Gasteiger partial charge < -0.3 is 15.4 Å². The van der Waals surface area contributed by atoms with Crippen LogP contribution >= 0.6 is 11.6 Å². The Morgan fingerprint density at radius 2 is 1.75 bits per heavy atom. The number of benzene rings is 3. The quantitative estimate of drug-likeness (QED) is 0.293. The molecule has 2 amide bonds. The molecular weight excluding hydrogens is 434 g/mol. The minimum atomic E-state index is -0.592. The summed E-state index contributed by atoms with van der Waals surface area (Å²) in [5.74, 6) is -0.215. The summed E-state index contributed by atoms with van der Waals surface area (Å²) in [6, 6.07) is 17.6. The van der Waals surface area contributed by atoms with Gasteiger partial charge in [0.2, 0.25) is 5.91 Å². The number of hydrogen-bond donors (Lipinski definition) is 2. The molecule has 0 aliphatic rings. The number of carbonyl (C=O) groups is 2. The number of para-hydroxylation sites is 2. The Morgan fingerprint density at radius 3 is 2.44 bits per heavy atom. The molecule has 8 nitrogen and oxygen atoms in total. The Labute approximate surface area is 188 Å². The fourth-order valence-corrected chi connectivity index (χ4v) is 2.96.